The van der Waals surface area contributed by atoms with Crippen molar-refractivity contribution in [1.29, 1.82) is 0 Å². The second kappa shape index (κ2) is 4.01. The molecule has 2 rings (SSSR count). The van der Waals surface area contributed by atoms with Gasteiger partial charge in [-0.1, -0.05) is 20.8 Å². The van der Waals surface area contributed by atoms with Gasteiger partial charge in [0.05, 0.1) is 6.10 Å². The Hall–Kier alpha value is -1.16. The Morgan fingerprint density at radius 2 is 1.94 bits per heavy atom. The monoisotopic (exact) mass is 221 g/mol. The maximum absolute atomic E-state index is 9.45. The zero-order chi connectivity index (χ0) is 11.8. The van der Waals surface area contributed by atoms with Crippen LogP contribution >= 0.6 is 0 Å². The Kier molecular flexibility index (Phi) is 2.84. The second-order valence-corrected chi connectivity index (χ2v) is 5.41. The van der Waals surface area contributed by atoms with Crippen LogP contribution in [-0.4, -0.2) is 34.3 Å². The molecule has 1 aromatic rings. The van der Waals surface area contributed by atoms with E-state index in [1.165, 1.54) is 0 Å². The topological polar surface area (TPSA) is 49.2 Å². The first-order valence-electron chi connectivity index (χ1n) is 5.72. The number of aliphatic hydroxyl groups excluding tert-OH is 1. The number of aromatic nitrogens is 2. The molecule has 0 aliphatic carbocycles. The van der Waals surface area contributed by atoms with Gasteiger partial charge in [-0.2, -0.15) is 0 Å². The van der Waals surface area contributed by atoms with Gasteiger partial charge in [0.2, 0.25) is 5.95 Å². The number of aliphatic hydroxyl groups is 1. The van der Waals surface area contributed by atoms with Crippen molar-refractivity contribution in [2.75, 3.05) is 18.0 Å². The molecule has 16 heavy (non-hydrogen) atoms. The normalized spacial score (nSPS) is 21.5. The summed E-state index contributed by atoms with van der Waals surface area (Å²) >= 11 is 0. The highest BCUT2D eigenvalue weighted by molar-refractivity contribution is 5.33. The third-order valence-corrected chi connectivity index (χ3v) is 2.95. The van der Waals surface area contributed by atoms with Crippen LogP contribution < -0.4 is 4.90 Å². The van der Waals surface area contributed by atoms with E-state index >= 15 is 0 Å². The highest BCUT2D eigenvalue weighted by Crippen LogP contribution is 2.22. The van der Waals surface area contributed by atoms with Gasteiger partial charge in [0.1, 0.15) is 0 Å². The van der Waals surface area contributed by atoms with Crippen molar-refractivity contribution in [2.45, 2.75) is 38.7 Å². The standard InChI is InChI=1S/C12H19N3O/c1-12(2,3)9-6-13-11(14-7-9)15-5-4-10(16)8-15/h6-7,10,16H,4-5,8H2,1-3H3. The highest BCUT2D eigenvalue weighted by atomic mass is 16.3. The van der Waals surface area contributed by atoms with E-state index in [2.05, 4.69) is 30.7 Å². The SMILES string of the molecule is CC(C)(C)c1cnc(N2CCC(O)C2)nc1. The molecular formula is C12H19N3O. The zero-order valence-corrected chi connectivity index (χ0v) is 10.1. The molecule has 88 valence electrons. The van der Waals surface area contributed by atoms with Crippen molar-refractivity contribution in [3.63, 3.8) is 0 Å². The molecule has 1 aromatic heterocycles. The molecule has 1 aliphatic heterocycles. The van der Waals surface area contributed by atoms with Crippen molar-refractivity contribution < 1.29 is 5.11 Å². The van der Waals surface area contributed by atoms with E-state index in [1.807, 2.05) is 17.3 Å². The number of anilines is 1. The van der Waals surface area contributed by atoms with Gasteiger partial charge in [-0.25, -0.2) is 9.97 Å². The van der Waals surface area contributed by atoms with E-state index in [1.54, 1.807) is 0 Å². The molecule has 0 saturated carbocycles. The molecule has 1 atom stereocenters. The van der Waals surface area contributed by atoms with E-state index in [0.717, 1.165) is 24.5 Å². The summed E-state index contributed by atoms with van der Waals surface area (Å²) in [7, 11) is 0. The van der Waals surface area contributed by atoms with Crippen LogP contribution in [0.2, 0.25) is 0 Å². The lowest BCUT2D eigenvalue weighted by Gasteiger charge is -2.20. The van der Waals surface area contributed by atoms with E-state index in [-0.39, 0.29) is 11.5 Å². The van der Waals surface area contributed by atoms with Gasteiger partial charge < -0.3 is 10.0 Å². The van der Waals surface area contributed by atoms with Crippen molar-refractivity contribution >= 4 is 5.95 Å². The summed E-state index contributed by atoms with van der Waals surface area (Å²) in [4.78, 5) is 10.8. The summed E-state index contributed by atoms with van der Waals surface area (Å²) in [6.07, 6.45) is 4.34. The predicted octanol–water partition coefficient (Wildman–Crippen LogP) is 1.35. The molecule has 4 nitrogen and oxygen atoms in total. The number of β-amino-alcohol motifs (C(OH)–C–C–N with tert-alkyl or cyclic N) is 1. The van der Waals surface area contributed by atoms with Crippen LogP contribution in [0.1, 0.15) is 32.8 Å². The van der Waals surface area contributed by atoms with Gasteiger partial charge in [0.15, 0.2) is 0 Å². The van der Waals surface area contributed by atoms with Gasteiger partial charge in [-0.15, -0.1) is 0 Å². The molecule has 1 saturated heterocycles. The molecule has 1 unspecified atom stereocenters. The lowest BCUT2D eigenvalue weighted by atomic mass is 9.89. The second-order valence-electron chi connectivity index (χ2n) is 5.41. The molecule has 0 radical (unpaired) electrons. The maximum atomic E-state index is 9.45. The minimum Gasteiger partial charge on any atom is -0.391 e. The van der Waals surface area contributed by atoms with Crippen molar-refractivity contribution in [3.8, 4) is 0 Å². The van der Waals surface area contributed by atoms with Crippen LogP contribution in [0.25, 0.3) is 0 Å². The van der Waals surface area contributed by atoms with Crippen LogP contribution in [0.3, 0.4) is 0 Å². The molecule has 1 fully saturated rings. The summed E-state index contributed by atoms with van der Waals surface area (Å²) in [5, 5.41) is 9.45. The molecule has 2 heterocycles. The van der Waals surface area contributed by atoms with Crippen molar-refractivity contribution in [1.82, 2.24) is 9.97 Å². The molecule has 1 N–H and O–H groups in total. The third kappa shape index (κ3) is 2.32. The van der Waals surface area contributed by atoms with Crippen molar-refractivity contribution in [3.05, 3.63) is 18.0 Å². The average Bonchev–Trinajstić information content (AvgIpc) is 2.64. The fourth-order valence-corrected chi connectivity index (χ4v) is 1.80. The number of nitrogens with zero attached hydrogens (tertiary/aromatic N) is 3. The van der Waals surface area contributed by atoms with E-state index in [0.29, 0.717) is 6.54 Å². The summed E-state index contributed by atoms with van der Waals surface area (Å²) in [5.41, 5.74) is 1.22. The zero-order valence-electron chi connectivity index (χ0n) is 10.1. The van der Waals surface area contributed by atoms with E-state index in [9.17, 15) is 5.11 Å². The van der Waals surface area contributed by atoms with Crippen LogP contribution in [-0.2, 0) is 5.41 Å². The first-order chi connectivity index (χ1) is 7.47. The first kappa shape index (κ1) is 11.3. The van der Waals surface area contributed by atoms with Crippen LogP contribution in [0, 0.1) is 0 Å². The molecule has 0 aromatic carbocycles. The van der Waals surface area contributed by atoms with Gasteiger partial charge >= 0.3 is 0 Å². The largest absolute Gasteiger partial charge is 0.391 e. The summed E-state index contributed by atoms with van der Waals surface area (Å²) in [6, 6.07) is 0. The van der Waals surface area contributed by atoms with Gasteiger partial charge in [-0.05, 0) is 17.4 Å². The number of rotatable bonds is 1. The fourth-order valence-electron chi connectivity index (χ4n) is 1.80. The fraction of sp³-hybridized carbons (Fsp3) is 0.667. The van der Waals surface area contributed by atoms with Crippen LogP contribution in [0.4, 0.5) is 5.95 Å². The average molecular weight is 221 g/mol. The molecule has 0 amide bonds. The van der Waals surface area contributed by atoms with Crippen LogP contribution in [0.15, 0.2) is 12.4 Å². The summed E-state index contributed by atoms with van der Waals surface area (Å²) in [6.45, 7) is 7.92. The highest BCUT2D eigenvalue weighted by Gasteiger charge is 2.22. The first-order valence-corrected chi connectivity index (χ1v) is 5.72. The van der Waals surface area contributed by atoms with Crippen molar-refractivity contribution in [2.24, 2.45) is 0 Å². The molecule has 0 bridgehead atoms. The van der Waals surface area contributed by atoms with Gasteiger partial charge in [0, 0.05) is 25.5 Å². The summed E-state index contributed by atoms with van der Waals surface area (Å²) in [5.74, 6) is 0.726. The number of hydrogen-bond acceptors (Lipinski definition) is 4. The van der Waals surface area contributed by atoms with E-state index in [4.69, 9.17) is 0 Å². The van der Waals surface area contributed by atoms with E-state index < -0.39 is 0 Å². The Morgan fingerprint density at radius 3 is 2.38 bits per heavy atom. The lowest BCUT2D eigenvalue weighted by Crippen LogP contribution is -2.24. The minimum absolute atomic E-state index is 0.0864. The molecule has 1 aliphatic rings. The van der Waals surface area contributed by atoms with Gasteiger partial charge in [0.25, 0.3) is 0 Å². The minimum atomic E-state index is -0.231. The molecular weight excluding hydrogens is 202 g/mol. The summed E-state index contributed by atoms with van der Waals surface area (Å²) < 4.78 is 0. The molecule has 4 heteroatoms. The Morgan fingerprint density at radius 1 is 1.31 bits per heavy atom. The third-order valence-electron chi connectivity index (χ3n) is 2.95. The quantitative estimate of drug-likeness (QED) is 0.777. The Bertz CT molecular complexity index is 356. The Labute approximate surface area is 96.3 Å². The van der Waals surface area contributed by atoms with Gasteiger partial charge in [-0.3, -0.25) is 0 Å². The number of hydrogen-bond donors (Lipinski definition) is 1. The van der Waals surface area contributed by atoms with Crippen LogP contribution in [0.5, 0.6) is 0 Å². The smallest absolute Gasteiger partial charge is 0.225 e. The molecule has 0 spiro atoms. The Balaban J connectivity index is 2.14. The lowest BCUT2D eigenvalue weighted by molar-refractivity contribution is 0.198. The predicted molar refractivity (Wildman–Crippen MR) is 63.6 cm³/mol. The maximum Gasteiger partial charge on any atom is 0.225 e.